The van der Waals surface area contributed by atoms with Gasteiger partial charge in [0, 0.05) is 28.5 Å². The monoisotopic (exact) mass is 513 g/mol. The minimum Gasteiger partial charge on any atom is -0.454 e. The van der Waals surface area contributed by atoms with Crippen molar-refractivity contribution in [2.45, 2.75) is 59.3 Å². The maximum atomic E-state index is 10.1. The van der Waals surface area contributed by atoms with Crippen LogP contribution < -0.4 is 4.57 Å². The van der Waals surface area contributed by atoms with E-state index in [-0.39, 0.29) is 0 Å². The molecule has 196 valence electrons. The van der Waals surface area contributed by atoms with Gasteiger partial charge in [-0.25, -0.2) is 4.57 Å². The number of furan rings is 1. The first kappa shape index (κ1) is 25.4. The van der Waals surface area contributed by atoms with E-state index in [0.717, 1.165) is 55.8 Å². The fraction of sp³-hybridized carbons (Fsp3) is 0.333. The summed E-state index contributed by atoms with van der Waals surface area (Å²) in [4.78, 5) is 0. The molecule has 0 saturated heterocycles. The Morgan fingerprint density at radius 3 is 2.13 bits per heavy atom. The Labute approximate surface area is 231 Å². The molecule has 0 N–H and O–H groups in total. The Morgan fingerprint density at radius 2 is 1.49 bits per heavy atom. The van der Waals surface area contributed by atoms with Gasteiger partial charge < -0.3 is 4.42 Å². The zero-order valence-electron chi connectivity index (χ0n) is 23.7. The van der Waals surface area contributed by atoms with Crippen molar-refractivity contribution >= 4 is 21.9 Å². The second-order valence-corrected chi connectivity index (χ2v) is 12.4. The van der Waals surface area contributed by atoms with Gasteiger partial charge in [0.05, 0.1) is 17.2 Å². The van der Waals surface area contributed by atoms with Crippen molar-refractivity contribution in [1.29, 1.82) is 5.26 Å². The van der Waals surface area contributed by atoms with E-state index in [9.17, 15) is 5.26 Å². The first-order valence-corrected chi connectivity index (χ1v) is 14.2. The van der Waals surface area contributed by atoms with Gasteiger partial charge in [-0.15, -0.1) is 0 Å². The molecule has 0 radical (unpaired) electrons. The van der Waals surface area contributed by atoms with Crippen molar-refractivity contribution in [3.05, 3.63) is 89.6 Å². The number of nitrogens with zero attached hydrogens (tertiary/aromatic N) is 2. The molecule has 0 atom stereocenters. The van der Waals surface area contributed by atoms with Gasteiger partial charge in [-0.2, -0.15) is 5.26 Å². The molecule has 39 heavy (non-hydrogen) atoms. The smallest absolute Gasteiger partial charge is 0.216 e. The van der Waals surface area contributed by atoms with E-state index in [1.165, 1.54) is 31.2 Å². The highest BCUT2D eigenvalue weighted by molar-refractivity contribution is 6.14. The number of aromatic nitrogens is 1. The third-order valence-corrected chi connectivity index (χ3v) is 9.07. The summed E-state index contributed by atoms with van der Waals surface area (Å²) >= 11 is 0. The third kappa shape index (κ3) is 4.43. The van der Waals surface area contributed by atoms with Crippen LogP contribution in [0.5, 0.6) is 0 Å². The molecule has 3 heteroatoms. The van der Waals surface area contributed by atoms with Gasteiger partial charge in [0.2, 0.25) is 5.69 Å². The molecule has 6 rings (SSSR count). The van der Waals surface area contributed by atoms with E-state index >= 15 is 0 Å². The lowest BCUT2D eigenvalue weighted by Gasteiger charge is -2.37. The number of nitriles is 1. The minimum atomic E-state index is 0.393. The predicted octanol–water partition coefficient (Wildman–Crippen LogP) is 9.24. The van der Waals surface area contributed by atoms with Crippen LogP contribution >= 0.6 is 0 Å². The predicted molar refractivity (Wildman–Crippen MR) is 159 cm³/mol. The van der Waals surface area contributed by atoms with Crippen LogP contribution in [0.15, 0.2) is 77.3 Å². The number of aryl methyl sites for hydroxylation is 2. The van der Waals surface area contributed by atoms with E-state index < -0.39 is 0 Å². The lowest BCUT2D eigenvalue weighted by Crippen LogP contribution is -2.30. The SMILES string of the molecule is Cc1ccc2c(oc3c(-c4ccc(C5CCC(C(C)(C)C)CC5)cc4)c(C#N)ccc32)c1-c1cccc[n+]1C. The highest BCUT2D eigenvalue weighted by atomic mass is 16.3. The molecule has 5 aromatic rings. The topological polar surface area (TPSA) is 40.8 Å². The van der Waals surface area contributed by atoms with Crippen molar-refractivity contribution in [2.24, 2.45) is 18.4 Å². The van der Waals surface area contributed by atoms with Crippen molar-refractivity contribution in [2.75, 3.05) is 0 Å². The van der Waals surface area contributed by atoms with Crippen LogP contribution in [0.25, 0.3) is 44.3 Å². The number of rotatable bonds is 3. The number of fused-ring (bicyclic) bond motifs is 3. The highest BCUT2D eigenvalue weighted by Gasteiger charge is 2.30. The van der Waals surface area contributed by atoms with Gasteiger partial charge in [-0.3, -0.25) is 0 Å². The van der Waals surface area contributed by atoms with E-state index in [1.807, 2.05) is 18.2 Å². The van der Waals surface area contributed by atoms with E-state index in [2.05, 4.69) is 100 Å². The largest absolute Gasteiger partial charge is 0.454 e. The molecule has 0 unspecified atom stereocenters. The van der Waals surface area contributed by atoms with Gasteiger partial charge in [0.25, 0.3) is 0 Å². The first-order chi connectivity index (χ1) is 18.8. The Balaban J connectivity index is 1.44. The van der Waals surface area contributed by atoms with Crippen molar-refractivity contribution < 1.29 is 8.98 Å². The Hall–Kier alpha value is -3.90. The molecule has 3 nitrogen and oxygen atoms in total. The van der Waals surface area contributed by atoms with E-state index in [0.29, 0.717) is 16.9 Å². The average molecular weight is 514 g/mol. The molecular formula is C36H37N2O+. The molecule has 1 aliphatic carbocycles. The summed E-state index contributed by atoms with van der Waals surface area (Å²) in [5.74, 6) is 1.43. The number of pyridine rings is 1. The first-order valence-electron chi connectivity index (χ1n) is 14.2. The molecule has 0 amide bonds. The lowest BCUT2D eigenvalue weighted by atomic mass is 9.68. The molecular weight excluding hydrogens is 476 g/mol. The Morgan fingerprint density at radius 1 is 0.821 bits per heavy atom. The molecule has 2 heterocycles. The molecule has 0 bridgehead atoms. The summed E-state index contributed by atoms with van der Waals surface area (Å²) in [6, 6.07) is 25.9. The maximum Gasteiger partial charge on any atom is 0.216 e. The normalized spacial score (nSPS) is 17.9. The summed E-state index contributed by atoms with van der Waals surface area (Å²) in [6.07, 6.45) is 7.17. The van der Waals surface area contributed by atoms with Crippen LogP contribution in [0, 0.1) is 29.6 Å². The molecule has 2 aromatic heterocycles. The zero-order valence-corrected chi connectivity index (χ0v) is 23.7. The fourth-order valence-corrected chi connectivity index (χ4v) is 6.70. The van der Waals surface area contributed by atoms with Gasteiger partial charge >= 0.3 is 0 Å². The maximum absolute atomic E-state index is 10.1. The second kappa shape index (κ2) is 9.69. The summed E-state index contributed by atoms with van der Waals surface area (Å²) < 4.78 is 8.86. The summed E-state index contributed by atoms with van der Waals surface area (Å²) in [7, 11) is 2.06. The van der Waals surface area contributed by atoms with E-state index in [1.54, 1.807) is 0 Å². The molecule has 0 spiro atoms. The zero-order chi connectivity index (χ0) is 27.3. The minimum absolute atomic E-state index is 0.393. The fourth-order valence-electron chi connectivity index (χ4n) is 6.70. The summed E-state index contributed by atoms with van der Waals surface area (Å²) in [6.45, 7) is 9.26. The van der Waals surface area contributed by atoms with Crippen molar-refractivity contribution in [3.63, 3.8) is 0 Å². The molecule has 0 aliphatic heterocycles. The van der Waals surface area contributed by atoms with Crippen molar-refractivity contribution in [3.8, 4) is 28.5 Å². The Bertz CT molecular complexity index is 1720. The number of hydrogen-bond acceptors (Lipinski definition) is 2. The van der Waals surface area contributed by atoms with Crippen LogP contribution in [0.2, 0.25) is 0 Å². The quantitative estimate of drug-likeness (QED) is 0.226. The van der Waals surface area contributed by atoms with Gasteiger partial charge in [-0.1, -0.05) is 57.2 Å². The van der Waals surface area contributed by atoms with Crippen LogP contribution in [0.3, 0.4) is 0 Å². The molecule has 3 aromatic carbocycles. The van der Waals surface area contributed by atoms with Gasteiger partial charge in [0.15, 0.2) is 6.20 Å². The van der Waals surface area contributed by atoms with Gasteiger partial charge in [0.1, 0.15) is 18.2 Å². The molecule has 1 saturated carbocycles. The Kier molecular flexibility index (Phi) is 6.31. The average Bonchev–Trinajstić information content (AvgIpc) is 3.31. The van der Waals surface area contributed by atoms with Crippen LogP contribution in [-0.2, 0) is 7.05 Å². The molecule has 1 fully saturated rings. The molecule has 1 aliphatic rings. The number of hydrogen-bond donors (Lipinski definition) is 0. The standard InChI is InChI=1S/C36H37N2O/c1-23-9-19-29-30-20-16-27(22-37)33(35(30)39-34(29)32(23)31-8-6-7-21-38(31)5)26-12-10-24(11-13-26)25-14-17-28(18-15-25)36(2,3)4/h6-13,16,19-21,25,28H,14-15,17-18H2,1-5H3/q+1. The summed E-state index contributed by atoms with van der Waals surface area (Å²) in [5, 5.41) is 12.2. The lowest BCUT2D eigenvalue weighted by molar-refractivity contribution is -0.660. The highest BCUT2D eigenvalue weighted by Crippen LogP contribution is 2.45. The van der Waals surface area contributed by atoms with Crippen LogP contribution in [0.1, 0.15) is 69.1 Å². The van der Waals surface area contributed by atoms with Gasteiger partial charge in [-0.05, 0) is 84.7 Å². The van der Waals surface area contributed by atoms with Crippen molar-refractivity contribution in [1.82, 2.24) is 0 Å². The summed E-state index contributed by atoms with van der Waals surface area (Å²) in [5.41, 5.74) is 9.38. The second-order valence-electron chi connectivity index (χ2n) is 12.4. The van der Waals surface area contributed by atoms with Crippen LogP contribution in [0.4, 0.5) is 0 Å². The van der Waals surface area contributed by atoms with Crippen LogP contribution in [-0.4, -0.2) is 0 Å². The number of benzene rings is 3. The van der Waals surface area contributed by atoms with E-state index in [4.69, 9.17) is 4.42 Å². The third-order valence-electron chi connectivity index (χ3n) is 9.07.